The third kappa shape index (κ3) is 5.37. The van der Waals surface area contributed by atoms with E-state index in [-0.39, 0.29) is 17.4 Å². The van der Waals surface area contributed by atoms with Crippen LogP contribution in [-0.4, -0.2) is 35.9 Å². The predicted octanol–water partition coefficient (Wildman–Crippen LogP) is 3.74. The van der Waals surface area contributed by atoms with E-state index in [1.807, 2.05) is 43.3 Å². The Hall–Kier alpha value is -3.32. The summed E-state index contributed by atoms with van der Waals surface area (Å²) in [5.41, 5.74) is 2.33. The summed E-state index contributed by atoms with van der Waals surface area (Å²) in [5, 5.41) is 8.19. The van der Waals surface area contributed by atoms with E-state index in [0.29, 0.717) is 29.6 Å². The van der Waals surface area contributed by atoms with Crippen LogP contribution in [0.2, 0.25) is 5.02 Å². The van der Waals surface area contributed by atoms with Crippen molar-refractivity contribution in [3.63, 3.8) is 0 Å². The molecule has 1 atom stereocenters. The van der Waals surface area contributed by atoms with Crippen LogP contribution in [0, 0.1) is 12.8 Å². The molecule has 1 aliphatic rings. The zero-order chi connectivity index (χ0) is 23.4. The van der Waals surface area contributed by atoms with Crippen LogP contribution in [-0.2, 0) is 11.3 Å². The molecule has 1 aromatic heterocycles. The van der Waals surface area contributed by atoms with E-state index in [1.54, 1.807) is 19.2 Å². The van der Waals surface area contributed by atoms with Crippen molar-refractivity contribution < 1.29 is 9.53 Å². The Balaban J connectivity index is 1.44. The summed E-state index contributed by atoms with van der Waals surface area (Å²) in [7, 11) is 1.63. The average molecular weight is 467 g/mol. The first-order valence-corrected chi connectivity index (χ1v) is 11.3. The minimum absolute atomic E-state index is 0.0224. The third-order valence-corrected chi connectivity index (χ3v) is 6.34. The number of methoxy groups -OCH3 is 1. The Labute approximate surface area is 197 Å². The Morgan fingerprint density at radius 2 is 1.97 bits per heavy atom. The molecule has 1 aliphatic heterocycles. The lowest BCUT2D eigenvalue weighted by Crippen LogP contribution is -2.43. The summed E-state index contributed by atoms with van der Waals surface area (Å²) < 4.78 is 6.53. The van der Waals surface area contributed by atoms with Gasteiger partial charge < -0.3 is 15.0 Å². The third-order valence-electron chi connectivity index (χ3n) is 5.93. The second-order valence-corrected chi connectivity index (χ2v) is 8.63. The van der Waals surface area contributed by atoms with Crippen LogP contribution in [0.25, 0.3) is 5.69 Å². The molecule has 0 radical (unpaired) electrons. The van der Waals surface area contributed by atoms with Gasteiger partial charge in [0.05, 0.1) is 18.7 Å². The second kappa shape index (κ2) is 10.1. The van der Waals surface area contributed by atoms with Crippen molar-refractivity contribution >= 4 is 23.3 Å². The molecule has 0 bridgehead atoms. The number of hydrogen-bond donors (Lipinski definition) is 1. The van der Waals surface area contributed by atoms with Crippen LogP contribution in [0.1, 0.15) is 24.0 Å². The van der Waals surface area contributed by atoms with Gasteiger partial charge in [-0.3, -0.25) is 9.59 Å². The van der Waals surface area contributed by atoms with Crippen molar-refractivity contribution in [1.29, 1.82) is 0 Å². The summed E-state index contributed by atoms with van der Waals surface area (Å²) in [6.45, 7) is 3.71. The van der Waals surface area contributed by atoms with E-state index in [2.05, 4.69) is 15.3 Å². The van der Waals surface area contributed by atoms with Gasteiger partial charge in [-0.15, -0.1) is 5.10 Å². The van der Waals surface area contributed by atoms with Crippen LogP contribution in [0.3, 0.4) is 0 Å². The lowest BCUT2D eigenvalue weighted by atomic mass is 9.97. The van der Waals surface area contributed by atoms with Gasteiger partial charge in [0.1, 0.15) is 11.6 Å². The topological polar surface area (TPSA) is 76.5 Å². The van der Waals surface area contributed by atoms with Crippen LogP contribution in [0.5, 0.6) is 5.75 Å². The highest BCUT2D eigenvalue weighted by Crippen LogP contribution is 2.23. The van der Waals surface area contributed by atoms with Gasteiger partial charge in [-0.05, 0) is 61.2 Å². The van der Waals surface area contributed by atoms with Gasteiger partial charge in [0.25, 0.3) is 5.56 Å². The van der Waals surface area contributed by atoms with E-state index >= 15 is 0 Å². The molecule has 7 nitrogen and oxygen atoms in total. The van der Waals surface area contributed by atoms with E-state index < -0.39 is 0 Å². The number of rotatable bonds is 6. The second-order valence-electron chi connectivity index (χ2n) is 8.23. The fourth-order valence-electron chi connectivity index (χ4n) is 3.94. The Morgan fingerprint density at radius 3 is 2.70 bits per heavy atom. The number of carbonyl (C=O) groups excluding carboxylic acids is 1. The van der Waals surface area contributed by atoms with Crippen molar-refractivity contribution in [2.75, 3.05) is 25.1 Å². The number of ether oxygens (including phenoxy) is 1. The van der Waals surface area contributed by atoms with Gasteiger partial charge in [-0.25, -0.2) is 0 Å². The van der Waals surface area contributed by atoms with Crippen molar-refractivity contribution in [3.8, 4) is 11.4 Å². The van der Waals surface area contributed by atoms with E-state index in [0.717, 1.165) is 36.3 Å². The molecule has 4 rings (SSSR count). The SMILES string of the molecule is COc1ccc(CNC(=O)C2CCCN(c3ccc(=O)n(-c4ccc(C)c(Cl)c4)n3)C2)cc1. The van der Waals surface area contributed by atoms with Crippen molar-refractivity contribution in [2.24, 2.45) is 5.92 Å². The fraction of sp³-hybridized carbons (Fsp3) is 0.320. The molecule has 1 N–H and O–H groups in total. The minimum atomic E-state index is -0.232. The number of amides is 1. The summed E-state index contributed by atoms with van der Waals surface area (Å²) >= 11 is 6.24. The Morgan fingerprint density at radius 1 is 1.18 bits per heavy atom. The monoisotopic (exact) mass is 466 g/mol. The maximum atomic E-state index is 12.8. The average Bonchev–Trinajstić information content (AvgIpc) is 2.85. The quantitative estimate of drug-likeness (QED) is 0.599. The van der Waals surface area contributed by atoms with E-state index in [1.165, 1.54) is 10.7 Å². The number of nitrogens with zero attached hydrogens (tertiary/aromatic N) is 3. The fourth-order valence-corrected chi connectivity index (χ4v) is 4.12. The highest BCUT2D eigenvalue weighted by atomic mass is 35.5. The molecule has 8 heteroatoms. The number of carbonyl (C=O) groups is 1. The maximum absolute atomic E-state index is 12.8. The highest BCUT2D eigenvalue weighted by molar-refractivity contribution is 6.31. The van der Waals surface area contributed by atoms with Gasteiger partial charge in [0.2, 0.25) is 5.91 Å². The molecule has 1 saturated heterocycles. The zero-order valence-electron chi connectivity index (χ0n) is 18.8. The van der Waals surface area contributed by atoms with Crippen molar-refractivity contribution in [2.45, 2.75) is 26.3 Å². The molecule has 0 spiro atoms. The first-order valence-electron chi connectivity index (χ1n) is 11.0. The van der Waals surface area contributed by atoms with Crippen LogP contribution < -0.4 is 20.5 Å². The molecule has 1 amide bonds. The molecule has 1 unspecified atom stereocenters. The number of aromatic nitrogens is 2. The van der Waals surface area contributed by atoms with Gasteiger partial charge in [0, 0.05) is 30.7 Å². The number of aryl methyl sites for hydroxylation is 1. The summed E-state index contributed by atoms with van der Waals surface area (Å²) in [6, 6.07) is 16.3. The van der Waals surface area contributed by atoms with Gasteiger partial charge in [-0.1, -0.05) is 29.8 Å². The van der Waals surface area contributed by atoms with Crippen molar-refractivity contribution in [1.82, 2.24) is 15.1 Å². The van der Waals surface area contributed by atoms with Crippen LogP contribution in [0.4, 0.5) is 5.82 Å². The molecule has 1 fully saturated rings. The number of nitrogens with one attached hydrogen (secondary N) is 1. The Kier molecular flexibility index (Phi) is 6.99. The normalized spacial score (nSPS) is 15.8. The van der Waals surface area contributed by atoms with Crippen LogP contribution >= 0.6 is 11.6 Å². The molecule has 172 valence electrons. The van der Waals surface area contributed by atoms with Gasteiger partial charge in [-0.2, -0.15) is 4.68 Å². The molecular weight excluding hydrogens is 440 g/mol. The first-order chi connectivity index (χ1) is 15.9. The molecule has 2 aromatic carbocycles. The lowest BCUT2D eigenvalue weighted by molar-refractivity contribution is -0.125. The number of anilines is 1. The summed E-state index contributed by atoms with van der Waals surface area (Å²) in [6.07, 6.45) is 1.69. The molecule has 2 heterocycles. The van der Waals surface area contributed by atoms with Crippen molar-refractivity contribution in [3.05, 3.63) is 81.1 Å². The standard InChI is InChI=1S/C25H27ClN4O3/c1-17-5-8-20(14-22(17)26)30-24(31)12-11-23(28-30)29-13-3-4-19(16-29)25(32)27-15-18-6-9-21(33-2)10-7-18/h5-12,14,19H,3-4,13,15-16H2,1-2H3,(H,27,32). The largest absolute Gasteiger partial charge is 0.497 e. The van der Waals surface area contributed by atoms with Gasteiger partial charge >= 0.3 is 0 Å². The zero-order valence-corrected chi connectivity index (χ0v) is 19.5. The predicted molar refractivity (Wildman–Crippen MR) is 129 cm³/mol. The first kappa shape index (κ1) is 22.9. The summed E-state index contributed by atoms with van der Waals surface area (Å²) in [5.74, 6) is 1.33. The number of piperidine rings is 1. The number of hydrogen-bond acceptors (Lipinski definition) is 5. The highest BCUT2D eigenvalue weighted by Gasteiger charge is 2.27. The van der Waals surface area contributed by atoms with E-state index in [9.17, 15) is 9.59 Å². The molecular formula is C25H27ClN4O3. The molecule has 33 heavy (non-hydrogen) atoms. The summed E-state index contributed by atoms with van der Waals surface area (Å²) in [4.78, 5) is 27.3. The minimum Gasteiger partial charge on any atom is -0.497 e. The number of halogens is 1. The Bertz CT molecular complexity index is 1190. The molecule has 0 saturated carbocycles. The smallest absolute Gasteiger partial charge is 0.271 e. The number of benzene rings is 2. The molecule has 3 aromatic rings. The molecule has 0 aliphatic carbocycles. The van der Waals surface area contributed by atoms with Gasteiger partial charge in [0.15, 0.2) is 0 Å². The lowest BCUT2D eigenvalue weighted by Gasteiger charge is -2.33. The van der Waals surface area contributed by atoms with Crippen LogP contribution in [0.15, 0.2) is 59.4 Å². The van der Waals surface area contributed by atoms with E-state index in [4.69, 9.17) is 16.3 Å². The maximum Gasteiger partial charge on any atom is 0.271 e.